The van der Waals surface area contributed by atoms with E-state index in [2.05, 4.69) is 6.08 Å². The lowest BCUT2D eigenvalue weighted by Gasteiger charge is -2.70. The number of aliphatic hydroxyl groups is 3. The van der Waals surface area contributed by atoms with Crippen LogP contribution in [-0.2, 0) is 23.9 Å². The van der Waals surface area contributed by atoms with E-state index < -0.39 is 76.0 Å². The average Bonchev–Trinajstić information content (AvgIpc) is 3.51. The van der Waals surface area contributed by atoms with Crippen LogP contribution in [0.3, 0.4) is 0 Å². The molecule has 0 radical (unpaired) electrons. The fraction of sp³-hybridized carbons (Fsp3) is 0.700. The fourth-order valence-electron chi connectivity index (χ4n) is 9.60. The van der Waals surface area contributed by atoms with Crippen LogP contribution in [-0.4, -0.2) is 64.1 Å². The number of hydrogen-bond acceptors (Lipinski definition) is 9. The Morgan fingerprint density at radius 1 is 1.00 bits per heavy atom. The molecule has 0 aromatic carbocycles. The van der Waals surface area contributed by atoms with E-state index in [1.54, 1.807) is 19.5 Å². The molecule has 0 amide bonds. The molecule has 4 aliphatic carbocycles. The van der Waals surface area contributed by atoms with Gasteiger partial charge in [-0.3, -0.25) is 9.59 Å². The highest BCUT2D eigenvalue weighted by Gasteiger charge is 2.76. The molecule has 3 saturated carbocycles. The molecule has 39 heavy (non-hydrogen) atoms. The van der Waals surface area contributed by atoms with Crippen molar-refractivity contribution in [3.05, 3.63) is 35.8 Å². The summed E-state index contributed by atoms with van der Waals surface area (Å²) in [6.45, 7) is 10.0. The highest BCUT2D eigenvalue weighted by atomic mass is 16.5. The van der Waals surface area contributed by atoms with Gasteiger partial charge in [-0.2, -0.15) is 0 Å². The molecule has 0 aliphatic heterocycles. The van der Waals surface area contributed by atoms with Crippen LogP contribution in [0.4, 0.5) is 0 Å². The Morgan fingerprint density at radius 3 is 2.21 bits per heavy atom. The van der Waals surface area contributed by atoms with E-state index in [-0.39, 0.29) is 12.3 Å². The molecule has 4 aliphatic rings. The predicted molar refractivity (Wildman–Crippen MR) is 138 cm³/mol. The van der Waals surface area contributed by atoms with Gasteiger partial charge in [-0.25, -0.2) is 0 Å². The third-order valence-corrected chi connectivity index (χ3v) is 11.3. The molecular formula is C30H40O9. The number of rotatable bonds is 4. The largest absolute Gasteiger partial charge is 0.472 e. The van der Waals surface area contributed by atoms with E-state index in [0.717, 1.165) is 11.1 Å². The number of hydrogen-bond donors (Lipinski definition) is 3. The molecule has 12 atom stereocenters. The van der Waals surface area contributed by atoms with Crippen molar-refractivity contribution in [3.8, 4) is 0 Å². The maximum absolute atomic E-state index is 12.7. The number of carbonyl (C=O) groups is 3. The van der Waals surface area contributed by atoms with E-state index in [4.69, 9.17) is 13.9 Å². The molecule has 5 rings (SSSR count). The minimum Gasteiger partial charge on any atom is -0.472 e. The first-order valence-corrected chi connectivity index (χ1v) is 13.8. The number of allylic oxidation sites excluding steroid dienone is 1. The molecular weight excluding hydrogens is 504 g/mol. The Morgan fingerprint density at radius 2 is 1.64 bits per heavy atom. The van der Waals surface area contributed by atoms with Gasteiger partial charge in [0.25, 0.3) is 0 Å². The molecule has 3 fully saturated rings. The Bertz CT molecular complexity index is 1190. The SMILES string of the molecule is CC(=O)O[C@H]1C[C@H](O)[C@@]2(C)[C@@H]([C@@H](O)[C@@H](O)[C@@]3(C)C4=CC[C@@H](c5ccoc5)[C@]4(C)[C@@H](OC(C)=O)C[C@@H]32)[C@]1(C)C=O. The molecule has 0 unspecified atom stereocenters. The van der Waals surface area contributed by atoms with E-state index in [0.29, 0.717) is 19.1 Å². The molecule has 1 aromatic rings. The van der Waals surface area contributed by atoms with Crippen LogP contribution in [0.1, 0.15) is 72.3 Å². The number of esters is 2. The molecule has 214 valence electrons. The van der Waals surface area contributed by atoms with Gasteiger partial charge in [0.05, 0.1) is 36.3 Å². The number of aldehydes is 1. The van der Waals surface area contributed by atoms with E-state index in [1.807, 2.05) is 26.8 Å². The number of fused-ring (bicyclic) bond motifs is 5. The van der Waals surface area contributed by atoms with Crippen molar-refractivity contribution in [1.82, 2.24) is 0 Å². The first-order chi connectivity index (χ1) is 18.2. The van der Waals surface area contributed by atoms with Crippen LogP contribution < -0.4 is 0 Å². The average molecular weight is 545 g/mol. The van der Waals surface area contributed by atoms with Crippen LogP contribution in [0.15, 0.2) is 34.7 Å². The normalized spacial score (nSPS) is 48.7. The summed E-state index contributed by atoms with van der Waals surface area (Å²) in [7, 11) is 0. The highest BCUT2D eigenvalue weighted by molar-refractivity contribution is 5.69. The van der Waals surface area contributed by atoms with Crippen LogP contribution in [0.5, 0.6) is 0 Å². The summed E-state index contributed by atoms with van der Waals surface area (Å²) >= 11 is 0. The quantitative estimate of drug-likeness (QED) is 0.296. The van der Waals surface area contributed by atoms with E-state index >= 15 is 0 Å². The van der Waals surface area contributed by atoms with Crippen molar-refractivity contribution >= 4 is 18.2 Å². The van der Waals surface area contributed by atoms with Gasteiger partial charge in [0.15, 0.2) is 0 Å². The maximum atomic E-state index is 12.7. The van der Waals surface area contributed by atoms with Crippen molar-refractivity contribution in [2.75, 3.05) is 0 Å². The second-order valence-corrected chi connectivity index (χ2v) is 13.0. The zero-order chi connectivity index (χ0) is 28.7. The molecule has 9 nitrogen and oxygen atoms in total. The Labute approximate surface area is 228 Å². The second kappa shape index (κ2) is 9.01. The van der Waals surface area contributed by atoms with E-state index in [1.165, 1.54) is 13.8 Å². The number of furan rings is 1. The summed E-state index contributed by atoms with van der Waals surface area (Å²) in [6.07, 6.45) is 1.66. The molecule has 3 N–H and O–H groups in total. The molecule has 9 heteroatoms. The van der Waals surface area contributed by atoms with Crippen LogP contribution in [0, 0.1) is 33.5 Å². The second-order valence-electron chi connectivity index (χ2n) is 13.0. The number of aliphatic hydroxyl groups excluding tert-OH is 3. The van der Waals surface area contributed by atoms with Gasteiger partial charge in [-0.05, 0) is 37.3 Å². The van der Waals surface area contributed by atoms with Gasteiger partial charge in [0.1, 0.15) is 18.5 Å². The predicted octanol–water partition coefficient (Wildman–Crippen LogP) is 2.92. The van der Waals surface area contributed by atoms with Gasteiger partial charge in [-0.1, -0.05) is 32.4 Å². The van der Waals surface area contributed by atoms with Gasteiger partial charge in [0, 0.05) is 48.3 Å². The van der Waals surface area contributed by atoms with Crippen LogP contribution in [0.2, 0.25) is 0 Å². The summed E-state index contributed by atoms with van der Waals surface area (Å²) in [5, 5.41) is 35.6. The standard InChI is InChI=1S/C30H40O9/c1-15(32)38-22-12-21(34)30(6)20-11-23(39-16(2)33)28(4)18(17-9-10-37-13-17)7-8-19(28)29(20,5)26(36)24(35)25(30)27(22,3)14-31/h8-10,13-14,18,20-26,34-36H,7,11-12H2,1-6H3/t18-,20-,21-,22-,23-,24+,25-,26+,27+,28-,29-,30-/m0/s1. The summed E-state index contributed by atoms with van der Waals surface area (Å²) in [4.78, 5) is 37.1. The molecule has 1 aromatic heterocycles. The lowest BCUT2D eigenvalue weighted by Crippen LogP contribution is -2.76. The molecule has 1 heterocycles. The lowest BCUT2D eigenvalue weighted by molar-refractivity contribution is -0.291. The fourth-order valence-corrected chi connectivity index (χ4v) is 9.60. The molecule has 0 spiro atoms. The lowest BCUT2D eigenvalue weighted by atomic mass is 9.35. The van der Waals surface area contributed by atoms with Gasteiger partial charge in [0.2, 0.25) is 0 Å². The molecule has 0 saturated heterocycles. The van der Waals surface area contributed by atoms with Gasteiger partial charge in [-0.15, -0.1) is 0 Å². The Balaban J connectivity index is 1.69. The third-order valence-electron chi connectivity index (χ3n) is 11.3. The van der Waals surface area contributed by atoms with Crippen molar-refractivity contribution in [3.63, 3.8) is 0 Å². The third kappa shape index (κ3) is 3.51. The Hall–Kier alpha value is -2.49. The summed E-state index contributed by atoms with van der Waals surface area (Å²) in [6, 6.07) is 1.89. The summed E-state index contributed by atoms with van der Waals surface area (Å²) < 4.78 is 16.9. The van der Waals surface area contributed by atoms with Gasteiger partial charge >= 0.3 is 11.9 Å². The van der Waals surface area contributed by atoms with E-state index in [9.17, 15) is 29.7 Å². The first-order valence-electron chi connectivity index (χ1n) is 13.8. The van der Waals surface area contributed by atoms with Crippen LogP contribution in [0.25, 0.3) is 0 Å². The first kappa shape index (κ1) is 28.1. The maximum Gasteiger partial charge on any atom is 0.302 e. The monoisotopic (exact) mass is 544 g/mol. The van der Waals surface area contributed by atoms with Gasteiger partial charge < -0.3 is 34.0 Å². The topological polar surface area (TPSA) is 144 Å². The van der Waals surface area contributed by atoms with Crippen LogP contribution >= 0.6 is 0 Å². The number of carbonyl (C=O) groups excluding carboxylic acids is 3. The minimum absolute atomic E-state index is 0.00338. The zero-order valence-corrected chi connectivity index (χ0v) is 23.4. The highest BCUT2D eigenvalue weighted by Crippen LogP contribution is 2.74. The Kier molecular flexibility index (Phi) is 6.48. The summed E-state index contributed by atoms with van der Waals surface area (Å²) in [5.41, 5.74) is -2.35. The van der Waals surface area contributed by atoms with Crippen molar-refractivity contribution < 1.29 is 43.6 Å². The van der Waals surface area contributed by atoms with Crippen molar-refractivity contribution in [1.29, 1.82) is 0 Å². The summed E-state index contributed by atoms with van der Waals surface area (Å²) in [5.74, 6) is -2.53. The van der Waals surface area contributed by atoms with Crippen molar-refractivity contribution in [2.24, 2.45) is 33.5 Å². The minimum atomic E-state index is -1.40. The smallest absolute Gasteiger partial charge is 0.302 e. The zero-order valence-electron chi connectivity index (χ0n) is 23.4. The van der Waals surface area contributed by atoms with Crippen molar-refractivity contribution in [2.45, 2.75) is 97.2 Å². The molecule has 0 bridgehead atoms. The number of ether oxygens (including phenoxy) is 2.